The van der Waals surface area contributed by atoms with Crippen LogP contribution in [0.2, 0.25) is 0 Å². The molecule has 0 unspecified atom stereocenters. The number of carbonyl (C=O) groups is 1. The highest BCUT2D eigenvalue weighted by molar-refractivity contribution is 5.94. The van der Waals surface area contributed by atoms with Gasteiger partial charge in [0.25, 0.3) is 5.91 Å². The summed E-state index contributed by atoms with van der Waals surface area (Å²) in [5, 5.41) is 3.36. The van der Waals surface area contributed by atoms with Crippen LogP contribution in [-0.4, -0.2) is 52.1 Å². The number of hydrogen-bond donors (Lipinski definition) is 0. The summed E-state index contributed by atoms with van der Waals surface area (Å²) in [4.78, 5) is 24.3. The van der Waals surface area contributed by atoms with Crippen LogP contribution in [0.15, 0.2) is 41.1 Å². The van der Waals surface area contributed by atoms with Gasteiger partial charge in [-0.3, -0.25) is 4.79 Å². The Morgan fingerprint density at radius 2 is 1.71 bits per heavy atom. The minimum absolute atomic E-state index is 0.00679. The first-order valence-electron chi connectivity index (χ1n) is 9.70. The maximum atomic E-state index is 12.8. The van der Waals surface area contributed by atoms with Crippen LogP contribution in [0.1, 0.15) is 27.4 Å². The summed E-state index contributed by atoms with van der Waals surface area (Å²) in [5.74, 6) is -0.888. The molecular formula is C21H20F3N5O2. The highest BCUT2D eigenvalue weighted by atomic mass is 19.4. The normalized spacial score (nSPS) is 14.7. The average Bonchev–Trinajstić information content (AvgIpc) is 3.24. The van der Waals surface area contributed by atoms with Crippen LogP contribution in [0, 0.1) is 13.8 Å². The van der Waals surface area contributed by atoms with Gasteiger partial charge < -0.3 is 14.3 Å². The summed E-state index contributed by atoms with van der Waals surface area (Å²) in [6.07, 6.45) is -3.28. The monoisotopic (exact) mass is 431 g/mol. The van der Waals surface area contributed by atoms with E-state index in [1.807, 2.05) is 41.8 Å². The Morgan fingerprint density at radius 3 is 2.26 bits per heavy atom. The second kappa shape index (κ2) is 8.01. The number of aromatic nitrogens is 3. The van der Waals surface area contributed by atoms with E-state index in [-0.39, 0.29) is 11.7 Å². The molecule has 3 aromatic rings. The lowest BCUT2D eigenvalue weighted by molar-refractivity contribution is -0.159. The maximum absolute atomic E-state index is 12.8. The van der Waals surface area contributed by atoms with Crippen molar-refractivity contribution in [1.82, 2.24) is 20.0 Å². The summed E-state index contributed by atoms with van der Waals surface area (Å²) in [6.45, 7) is 6.24. The smallest absolute Gasteiger partial charge is 0.353 e. The first-order valence-corrected chi connectivity index (χ1v) is 9.70. The van der Waals surface area contributed by atoms with Gasteiger partial charge in [-0.05, 0) is 38.1 Å². The van der Waals surface area contributed by atoms with Crippen molar-refractivity contribution in [2.45, 2.75) is 20.0 Å². The zero-order chi connectivity index (χ0) is 22.2. The van der Waals surface area contributed by atoms with E-state index < -0.39 is 12.1 Å². The SMILES string of the molecule is Cc1cc(C)cc(C(=O)N2CCN(c3ccc(-c4noc(C(F)(F)F)n4)cn3)CC2)c1. The molecule has 1 amide bonds. The van der Waals surface area contributed by atoms with Crippen LogP contribution in [0.25, 0.3) is 11.4 Å². The quantitative estimate of drug-likeness (QED) is 0.629. The molecule has 0 spiro atoms. The number of carbonyl (C=O) groups excluding carboxylic acids is 1. The first kappa shape index (κ1) is 20.8. The van der Waals surface area contributed by atoms with E-state index in [9.17, 15) is 18.0 Å². The molecule has 0 aliphatic carbocycles. The van der Waals surface area contributed by atoms with Crippen LogP contribution >= 0.6 is 0 Å². The van der Waals surface area contributed by atoms with Gasteiger partial charge in [-0.25, -0.2) is 4.98 Å². The molecule has 0 N–H and O–H groups in total. The number of hydrogen-bond acceptors (Lipinski definition) is 6. The van der Waals surface area contributed by atoms with Crippen LogP contribution in [0.5, 0.6) is 0 Å². The molecule has 1 saturated heterocycles. The Kier molecular flexibility index (Phi) is 5.38. The summed E-state index contributed by atoms with van der Waals surface area (Å²) in [6, 6.07) is 9.11. The molecule has 3 heterocycles. The van der Waals surface area contributed by atoms with Gasteiger partial charge >= 0.3 is 12.1 Å². The minimum Gasteiger partial charge on any atom is -0.353 e. The third-order valence-electron chi connectivity index (χ3n) is 5.03. The van der Waals surface area contributed by atoms with Crippen molar-refractivity contribution in [2.24, 2.45) is 0 Å². The molecule has 1 aliphatic rings. The van der Waals surface area contributed by atoms with Crippen LogP contribution < -0.4 is 4.90 Å². The molecule has 0 atom stereocenters. The number of halogens is 3. The largest absolute Gasteiger partial charge is 0.471 e. The van der Waals surface area contributed by atoms with Gasteiger partial charge in [-0.15, -0.1) is 0 Å². The van der Waals surface area contributed by atoms with E-state index in [2.05, 4.69) is 19.6 Å². The fourth-order valence-electron chi connectivity index (χ4n) is 3.58. The Bertz CT molecular complexity index is 1070. The van der Waals surface area contributed by atoms with E-state index in [1.165, 1.54) is 6.20 Å². The Hall–Kier alpha value is -3.43. The molecule has 1 fully saturated rings. The van der Waals surface area contributed by atoms with Crippen molar-refractivity contribution in [3.8, 4) is 11.4 Å². The lowest BCUT2D eigenvalue weighted by atomic mass is 10.1. The number of alkyl halides is 3. The molecule has 0 bridgehead atoms. The minimum atomic E-state index is -4.69. The van der Waals surface area contributed by atoms with Crippen LogP contribution in [0.4, 0.5) is 19.0 Å². The Balaban J connectivity index is 1.40. The fourth-order valence-corrected chi connectivity index (χ4v) is 3.58. The third-order valence-corrected chi connectivity index (χ3v) is 5.03. The van der Waals surface area contributed by atoms with E-state index in [4.69, 9.17) is 0 Å². The zero-order valence-corrected chi connectivity index (χ0v) is 17.0. The van der Waals surface area contributed by atoms with Gasteiger partial charge in [0.2, 0.25) is 5.82 Å². The van der Waals surface area contributed by atoms with Crippen molar-refractivity contribution in [3.63, 3.8) is 0 Å². The second-order valence-corrected chi connectivity index (χ2v) is 7.48. The first-order chi connectivity index (χ1) is 14.7. The van der Waals surface area contributed by atoms with E-state index >= 15 is 0 Å². The predicted octanol–water partition coefficient (Wildman–Crippen LogP) is 3.73. The number of aryl methyl sites for hydroxylation is 2. The highest BCUT2D eigenvalue weighted by Crippen LogP contribution is 2.29. The molecule has 4 rings (SSSR count). The van der Waals surface area contributed by atoms with Crippen LogP contribution in [-0.2, 0) is 6.18 Å². The van der Waals surface area contributed by atoms with Crippen LogP contribution in [0.3, 0.4) is 0 Å². The van der Waals surface area contributed by atoms with Gasteiger partial charge in [0.15, 0.2) is 0 Å². The molecule has 2 aromatic heterocycles. The number of benzene rings is 1. The number of pyridine rings is 1. The van der Waals surface area contributed by atoms with Crippen molar-refractivity contribution in [2.75, 3.05) is 31.1 Å². The molecule has 0 saturated carbocycles. The molecule has 10 heteroatoms. The van der Waals surface area contributed by atoms with Crippen molar-refractivity contribution < 1.29 is 22.5 Å². The van der Waals surface area contributed by atoms with Gasteiger partial charge in [0, 0.05) is 43.5 Å². The molecule has 162 valence electrons. The number of amides is 1. The average molecular weight is 431 g/mol. The number of anilines is 1. The van der Waals surface area contributed by atoms with Gasteiger partial charge in [-0.2, -0.15) is 18.2 Å². The topological polar surface area (TPSA) is 75.4 Å². The summed E-state index contributed by atoms with van der Waals surface area (Å²) in [7, 11) is 0. The third kappa shape index (κ3) is 4.52. The Labute approximate surface area is 176 Å². The number of nitrogens with zero attached hydrogens (tertiary/aromatic N) is 5. The standard InChI is InChI=1S/C21H20F3N5O2/c1-13-9-14(2)11-16(10-13)19(30)29-7-5-28(6-8-29)17-4-3-15(12-25-17)18-26-20(31-27-18)21(22,23)24/h3-4,9-12H,5-8H2,1-2H3. The van der Waals surface area contributed by atoms with E-state index in [0.29, 0.717) is 43.1 Å². The lowest BCUT2D eigenvalue weighted by Gasteiger charge is -2.35. The van der Waals surface area contributed by atoms with Crippen molar-refractivity contribution in [1.29, 1.82) is 0 Å². The molecule has 31 heavy (non-hydrogen) atoms. The lowest BCUT2D eigenvalue weighted by Crippen LogP contribution is -2.49. The predicted molar refractivity (Wildman–Crippen MR) is 107 cm³/mol. The Morgan fingerprint density at radius 1 is 1.03 bits per heavy atom. The second-order valence-electron chi connectivity index (χ2n) is 7.48. The van der Waals surface area contributed by atoms with E-state index in [0.717, 1.165) is 11.1 Å². The number of rotatable bonds is 3. The van der Waals surface area contributed by atoms with E-state index in [1.54, 1.807) is 12.1 Å². The summed E-state index contributed by atoms with van der Waals surface area (Å²) < 4.78 is 42.1. The molecule has 0 radical (unpaired) electrons. The molecule has 1 aromatic carbocycles. The zero-order valence-electron chi connectivity index (χ0n) is 17.0. The number of piperazine rings is 1. The summed E-state index contributed by atoms with van der Waals surface area (Å²) in [5.41, 5.74) is 3.11. The van der Waals surface area contributed by atoms with Gasteiger partial charge in [-0.1, -0.05) is 22.3 Å². The fraction of sp³-hybridized carbons (Fsp3) is 0.333. The molecule has 1 aliphatic heterocycles. The molecular weight excluding hydrogens is 411 g/mol. The molecule has 7 nitrogen and oxygen atoms in total. The summed E-state index contributed by atoms with van der Waals surface area (Å²) >= 11 is 0. The van der Waals surface area contributed by atoms with Gasteiger partial charge in [0.1, 0.15) is 5.82 Å². The highest BCUT2D eigenvalue weighted by Gasteiger charge is 2.38. The van der Waals surface area contributed by atoms with Gasteiger partial charge in [0.05, 0.1) is 0 Å². The van der Waals surface area contributed by atoms with Crippen molar-refractivity contribution in [3.05, 3.63) is 59.1 Å². The maximum Gasteiger partial charge on any atom is 0.471 e. The van der Waals surface area contributed by atoms with Crippen molar-refractivity contribution >= 4 is 11.7 Å².